The first-order valence-corrected chi connectivity index (χ1v) is 8.79. The van der Waals surface area contributed by atoms with Gasteiger partial charge in [-0.15, -0.1) is 0 Å². The molecule has 1 aromatic rings. The van der Waals surface area contributed by atoms with Crippen LogP contribution in [0.2, 0.25) is 0 Å². The number of nitrogens with one attached hydrogen (secondary N) is 1. The minimum atomic E-state index is -1.01. The van der Waals surface area contributed by atoms with Gasteiger partial charge in [-0.3, -0.25) is 4.79 Å². The molecule has 6 nitrogen and oxygen atoms in total. The minimum absolute atomic E-state index is 0.110. The van der Waals surface area contributed by atoms with Crippen LogP contribution in [-0.2, 0) is 9.63 Å². The highest BCUT2D eigenvalue weighted by Crippen LogP contribution is 2.37. The van der Waals surface area contributed by atoms with E-state index in [4.69, 9.17) is 9.57 Å². The van der Waals surface area contributed by atoms with Gasteiger partial charge in [-0.25, -0.2) is 0 Å². The van der Waals surface area contributed by atoms with E-state index in [-0.39, 0.29) is 17.9 Å². The van der Waals surface area contributed by atoms with Crippen LogP contribution in [0.3, 0.4) is 0 Å². The van der Waals surface area contributed by atoms with Crippen LogP contribution in [0.25, 0.3) is 0 Å². The molecule has 6 heteroatoms. The van der Waals surface area contributed by atoms with Crippen LogP contribution in [0.1, 0.15) is 44.6 Å². The summed E-state index contributed by atoms with van der Waals surface area (Å²) in [5, 5.41) is 16.8. The van der Waals surface area contributed by atoms with Gasteiger partial charge in [0.2, 0.25) is 5.60 Å². The molecule has 0 spiro atoms. The number of benzene rings is 1. The van der Waals surface area contributed by atoms with Crippen molar-refractivity contribution in [3.63, 3.8) is 0 Å². The predicted octanol–water partition coefficient (Wildman–Crippen LogP) is 2.25. The number of carbonyl (C=O) groups is 1. The van der Waals surface area contributed by atoms with Crippen molar-refractivity contribution in [2.24, 2.45) is 10.6 Å². The van der Waals surface area contributed by atoms with Crippen molar-refractivity contribution in [1.82, 2.24) is 5.32 Å². The third-order valence-corrected chi connectivity index (χ3v) is 5.39. The van der Waals surface area contributed by atoms with Gasteiger partial charge in [0.05, 0.1) is 19.4 Å². The zero-order valence-electron chi connectivity index (χ0n) is 14.9. The Morgan fingerprint density at radius 2 is 2.00 bits per heavy atom. The Kier molecular flexibility index (Phi) is 4.99. The summed E-state index contributed by atoms with van der Waals surface area (Å²) in [6, 6.07) is 7.53. The predicted molar refractivity (Wildman–Crippen MR) is 94.6 cm³/mol. The third kappa shape index (κ3) is 3.63. The van der Waals surface area contributed by atoms with Crippen LogP contribution < -0.4 is 10.1 Å². The summed E-state index contributed by atoms with van der Waals surface area (Å²) >= 11 is 0. The number of ether oxygens (including phenoxy) is 1. The van der Waals surface area contributed by atoms with Gasteiger partial charge in [0.1, 0.15) is 5.75 Å². The summed E-state index contributed by atoms with van der Waals surface area (Å²) in [5.74, 6) is 0.592. The van der Waals surface area contributed by atoms with E-state index in [1.54, 1.807) is 14.0 Å². The second-order valence-corrected chi connectivity index (χ2v) is 7.31. The molecule has 136 valence electrons. The summed E-state index contributed by atoms with van der Waals surface area (Å²) in [6.07, 6.45) is 4.53. The number of rotatable bonds is 6. The number of amides is 1. The number of nitrogens with zero attached hydrogens (tertiary/aromatic N) is 1. The second kappa shape index (κ2) is 7.04. The Labute approximate surface area is 148 Å². The monoisotopic (exact) mass is 346 g/mol. The molecule has 0 saturated heterocycles. The molecule has 3 rings (SSSR count). The first-order chi connectivity index (χ1) is 12.0. The molecular formula is C19H26N2O4. The maximum atomic E-state index is 12.6. The van der Waals surface area contributed by atoms with Crippen molar-refractivity contribution in [3.8, 4) is 5.75 Å². The summed E-state index contributed by atoms with van der Waals surface area (Å²) < 4.78 is 5.16. The number of hydrogen-bond donors (Lipinski definition) is 2. The lowest BCUT2D eigenvalue weighted by atomic mass is 9.86. The second-order valence-electron chi connectivity index (χ2n) is 7.31. The molecular weight excluding hydrogens is 320 g/mol. The molecule has 1 fully saturated rings. The number of hydrogen-bond acceptors (Lipinski definition) is 5. The molecule has 1 atom stereocenters. The molecule has 1 unspecified atom stereocenters. The molecule has 0 aromatic heterocycles. The maximum absolute atomic E-state index is 12.6. The van der Waals surface area contributed by atoms with Gasteiger partial charge in [0.15, 0.2) is 0 Å². The summed E-state index contributed by atoms with van der Waals surface area (Å²) in [7, 11) is 1.62. The average Bonchev–Trinajstić information content (AvgIpc) is 3.28. The Morgan fingerprint density at radius 3 is 2.60 bits per heavy atom. The smallest absolute Gasteiger partial charge is 0.267 e. The lowest BCUT2D eigenvalue weighted by Gasteiger charge is -2.29. The topological polar surface area (TPSA) is 80.2 Å². The van der Waals surface area contributed by atoms with E-state index in [0.717, 1.165) is 42.7 Å². The number of methoxy groups -OCH3 is 1. The van der Waals surface area contributed by atoms with E-state index in [2.05, 4.69) is 10.5 Å². The highest BCUT2D eigenvalue weighted by molar-refractivity contribution is 6.05. The van der Waals surface area contributed by atoms with Gasteiger partial charge in [-0.05, 0) is 49.6 Å². The third-order valence-electron chi connectivity index (χ3n) is 5.39. The highest BCUT2D eigenvalue weighted by atomic mass is 16.7. The average molecular weight is 346 g/mol. The Balaban J connectivity index is 1.60. The van der Waals surface area contributed by atoms with Crippen LogP contribution in [0.4, 0.5) is 0 Å². The normalized spacial score (nSPS) is 24.5. The van der Waals surface area contributed by atoms with Gasteiger partial charge < -0.3 is 20.0 Å². The molecule has 25 heavy (non-hydrogen) atoms. The summed E-state index contributed by atoms with van der Waals surface area (Å²) in [5.41, 5.74) is 0.479. The van der Waals surface area contributed by atoms with Crippen molar-refractivity contribution < 1.29 is 19.5 Å². The van der Waals surface area contributed by atoms with Gasteiger partial charge in [0, 0.05) is 18.4 Å². The summed E-state index contributed by atoms with van der Waals surface area (Å²) in [4.78, 5) is 18.1. The van der Waals surface area contributed by atoms with E-state index in [0.29, 0.717) is 13.0 Å². The summed E-state index contributed by atoms with van der Waals surface area (Å²) in [6.45, 7) is 2.35. The van der Waals surface area contributed by atoms with Gasteiger partial charge >= 0.3 is 0 Å². The first-order valence-electron chi connectivity index (χ1n) is 8.79. The van der Waals surface area contributed by atoms with Crippen LogP contribution >= 0.6 is 0 Å². The lowest BCUT2D eigenvalue weighted by Crippen LogP contribution is -2.48. The quantitative estimate of drug-likeness (QED) is 0.828. The van der Waals surface area contributed by atoms with Crippen molar-refractivity contribution in [2.75, 3.05) is 20.3 Å². The molecule has 1 heterocycles. The SMILES string of the molecule is COc1ccc(C2=NOC(C)(C(=O)NCC3(CO)CCCC3)C2)cc1. The molecule has 1 aliphatic heterocycles. The molecule has 0 bridgehead atoms. The Hall–Kier alpha value is -2.08. The number of carbonyl (C=O) groups excluding carboxylic acids is 1. The fourth-order valence-electron chi connectivity index (χ4n) is 3.57. The number of aliphatic hydroxyl groups excluding tert-OH is 1. The van der Waals surface area contributed by atoms with E-state index in [1.807, 2.05) is 24.3 Å². The van der Waals surface area contributed by atoms with Crippen molar-refractivity contribution in [3.05, 3.63) is 29.8 Å². The van der Waals surface area contributed by atoms with Crippen molar-refractivity contribution in [2.45, 2.75) is 44.6 Å². The standard InChI is InChI=1S/C19H26N2O4/c1-18(17(23)20-12-19(13-22)9-3-4-10-19)11-16(21-25-18)14-5-7-15(24-2)8-6-14/h5-8,22H,3-4,9-13H2,1-2H3,(H,20,23). The van der Waals surface area contributed by atoms with Crippen LogP contribution in [0.15, 0.2) is 29.4 Å². The molecule has 1 saturated carbocycles. The minimum Gasteiger partial charge on any atom is -0.497 e. The van der Waals surface area contributed by atoms with Crippen LogP contribution in [0, 0.1) is 5.41 Å². The van der Waals surface area contributed by atoms with Crippen LogP contribution in [0.5, 0.6) is 5.75 Å². The Bertz CT molecular complexity index is 650. The van der Waals surface area contributed by atoms with Gasteiger partial charge in [-0.2, -0.15) is 0 Å². The number of oxime groups is 1. The number of aliphatic hydroxyl groups is 1. The van der Waals surface area contributed by atoms with E-state index in [1.165, 1.54) is 0 Å². The highest BCUT2D eigenvalue weighted by Gasteiger charge is 2.43. The van der Waals surface area contributed by atoms with E-state index in [9.17, 15) is 9.90 Å². The fourth-order valence-corrected chi connectivity index (χ4v) is 3.57. The van der Waals surface area contributed by atoms with Crippen molar-refractivity contribution in [1.29, 1.82) is 0 Å². The van der Waals surface area contributed by atoms with Gasteiger partial charge in [-0.1, -0.05) is 18.0 Å². The van der Waals surface area contributed by atoms with Crippen molar-refractivity contribution >= 4 is 11.6 Å². The fraction of sp³-hybridized carbons (Fsp3) is 0.579. The Morgan fingerprint density at radius 1 is 1.32 bits per heavy atom. The molecule has 1 aliphatic carbocycles. The van der Waals surface area contributed by atoms with E-state index < -0.39 is 5.60 Å². The lowest BCUT2D eigenvalue weighted by molar-refractivity contribution is -0.142. The zero-order valence-corrected chi connectivity index (χ0v) is 14.9. The molecule has 1 aromatic carbocycles. The largest absolute Gasteiger partial charge is 0.497 e. The molecule has 2 aliphatic rings. The van der Waals surface area contributed by atoms with Gasteiger partial charge in [0.25, 0.3) is 5.91 Å². The maximum Gasteiger partial charge on any atom is 0.267 e. The zero-order chi connectivity index (χ0) is 17.9. The van der Waals surface area contributed by atoms with E-state index >= 15 is 0 Å². The molecule has 0 radical (unpaired) electrons. The molecule has 1 amide bonds. The van der Waals surface area contributed by atoms with Crippen LogP contribution in [-0.4, -0.2) is 42.6 Å². The first kappa shape index (κ1) is 17.7. The molecule has 2 N–H and O–H groups in total.